The van der Waals surface area contributed by atoms with E-state index in [9.17, 15) is 18.0 Å². The van der Waals surface area contributed by atoms with Crippen LogP contribution in [0.2, 0.25) is 0 Å². The number of nitrogens with one attached hydrogen (secondary N) is 2. The molecule has 0 aliphatic carbocycles. The fourth-order valence-electron chi connectivity index (χ4n) is 4.65. The predicted molar refractivity (Wildman–Crippen MR) is 124 cm³/mol. The molecule has 4 nitrogen and oxygen atoms in total. The lowest BCUT2D eigenvalue weighted by molar-refractivity contribution is -0.138. The third kappa shape index (κ3) is 5.37. The van der Waals surface area contributed by atoms with Crippen LogP contribution in [-0.4, -0.2) is 36.0 Å². The molecule has 1 aliphatic heterocycles. The van der Waals surface area contributed by atoms with Crippen LogP contribution in [0.3, 0.4) is 0 Å². The van der Waals surface area contributed by atoms with E-state index < -0.39 is 11.7 Å². The number of hydrogen-bond donors (Lipinski definition) is 2. The van der Waals surface area contributed by atoms with Crippen LogP contribution in [0, 0.1) is 0 Å². The number of hydrogen-bond acceptors (Lipinski definition) is 3. The standard InChI is InChI=1S/C26H28F3N3O/c1-2-30-25(33)24-14-21(31-15-19-9-4-6-13-23(19)26(27,28)29)17-32(24)16-20-11-7-10-18-8-3-5-12-22(18)20/h3-13,21,24,31H,2,14-17H2,1H3,(H,30,33)/t21-,24+/m1/s1. The monoisotopic (exact) mass is 455 g/mol. The molecule has 1 aliphatic rings. The van der Waals surface area contributed by atoms with E-state index in [4.69, 9.17) is 0 Å². The van der Waals surface area contributed by atoms with E-state index in [2.05, 4.69) is 39.8 Å². The topological polar surface area (TPSA) is 44.4 Å². The van der Waals surface area contributed by atoms with Gasteiger partial charge in [0.15, 0.2) is 0 Å². The lowest BCUT2D eigenvalue weighted by atomic mass is 10.0. The fraction of sp³-hybridized carbons (Fsp3) is 0.346. The molecular weight excluding hydrogens is 427 g/mol. The number of alkyl halides is 3. The first kappa shape index (κ1) is 23.3. The quantitative estimate of drug-likeness (QED) is 0.542. The van der Waals surface area contributed by atoms with Crippen LogP contribution in [0.4, 0.5) is 13.2 Å². The van der Waals surface area contributed by atoms with Crippen molar-refractivity contribution in [1.82, 2.24) is 15.5 Å². The maximum Gasteiger partial charge on any atom is 0.416 e. The normalized spacial score (nSPS) is 19.2. The van der Waals surface area contributed by atoms with Crippen molar-refractivity contribution in [3.63, 3.8) is 0 Å². The van der Waals surface area contributed by atoms with E-state index in [0.717, 1.165) is 22.4 Å². The molecular formula is C26H28F3N3O. The number of amides is 1. The first-order valence-corrected chi connectivity index (χ1v) is 11.2. The van der Waals surface area contributed by atoms with Crippen molar-refractivity contribution in [2.45, 2.75) is 44.7 Å². The summed E-state index contributed by atoms with van der Waals surface area (Å²) in [4.78, 5) is 14.9. The molecule has 174 valence electrons. The first-order valence-electron chi connectivity index (χ1n) is 11.2. The van der Waals surface area contributed by atoms with Crippen LogP contribution >= 0.6 is 0 Å². The number of benzene rings is 3. The summed E-state index contributed by atoms with van der Waals surface area (Å²) in [6, 6.07) is 19.5. The molecule has 2 N–H and O–H groups in total. The molecule has 0 saturated carbocycles. The largest absolute Gasteiger partial charge is 0.416 e. The molecule has 3 aromatic rings. The van der Waals surface area contributed by atoms with Crippen molar-refractivity contribution in [2.75, 3.05) is 13.1 Å². The van der Waals surface area contributed by atoms with E-state index in [-0.39, 0.29) is 30.1 Å². The van der Waals surface area contributed by atoms with Crippen LogP contribution < -0.4 is 10.6 Å². The number of nitrogens with zero attached hydrogens (tertiary/aromatic N) is 1. The van der Waals surface area contributed by atoms with Gasteiger partial charge in [0.05, 0.1) is 11.6 Å². The summed E-state index contributed by atoms with van der Waals surface area (Å²) < 4.78 is 40.0. The van der Waals surface area contributed by atoms with Gasteiger partial charge in [0, 0.05) is 32.2 Å². The minimum Gasteiger partial charge on any atom is -0.355 e. The van der Waals surface area contributed by atoms with Gasteiger partial charge in [-0.25, -0.2) is 0 Å². The van der Waals surface area contributed by atoms with Crippen molar-refractivity contribution in [1.29, 1.82) is 0 Å². The Bertz CT molecular complexity index is 1110. The molecule has 4 rings (SSSR count). The van der Waals surface area contributed by atoms with E-state index in [0.29, 0.717) is 26.1 Å². The lowest BCUT2D eigenvalue weighted by Crippen LogP contribution is -2.42. The Balaban J connectivity index is 1.51. The number of likely N-dealkylation sites (tertiary alicyclic amines) is 1. The van der Waals surface area contributed by atoms with Gasteiger partial charge >= 0.3 is 6.18 Å². The Morgan fingerprint density at radius 3 is 2.48 bits per heavy atom. The maximum absolute atomic E-state index is 13.3. The van der Waals surface area contributed by atoms with Crippen molar-refractivity contribution in [3.8, 4) is 0 Å². The fourth-order valence-corrected chi connectivity index (χ4v) is 4.65. The van der Waals surface area contributed by atoms with Crippen molar-refractivity contribution >= 4 is 16.7 Å². The number of carbonyl (C=O) groups excluding carboxylic acids is 1. The predicted octanol–water partition coefficient (Wildman–Crippen LogP) is 4.73. The molecule has 33 heavy (non-hydrogen) atoms. The average Bonchev–Trinajstić information content (AvgIpc) is 3.20. The summed E-state index contributed by atoms with van der Waals surface area (Å²) in [6.07, 6.45) is -3.84. The Morgan fingerprint density at radius 2 is 1.70 bits per heavy atom. The number of halogens is 3. The summed E-state index contributed by atoms with van der Waals surface area (Å²) in [5.74, 6) is -0.0438. The second-order valence-electron chi connectivity index (χ2n) is 8.45. The van der Waals surface area contributed by atoms with E-state index in [1.54, 1.807) is 6.07 Å². The van der Waals surface area contributed by atoms with Crippen molar-refractivity contribution in [2.24, 2.45) is 0 Å². The second kappa shape index (κ2) is 9.93. The molecule has 1 amide bonds. The van der Waals surface area contributed by atoms with Crippen LogP contribution in [-0.2, 0) is 24.1 Å². The number of fused-ring (bicyclic) bond motifs is 1. The minimum atomic E-state index is -4.39. The van der Waals surface area contributed by atoms with Gasteiger partial charge < -0.3 is 10.6 Å². The molecule has 1 heterocycles. The summed E-state index contributed by atoms with van der Waals surface area (Å²) in [5.41, 5.74) is 0.723. The number of likely N-dealkylation sites (N-methyl/N-ethyl adjacent to an activating group) is 1. The third-order valence-electron chi connectivity index (χ3n) is 6.21. The third-order valence-corrected chi connectivity index (χ3v) is 6.21. The molecule has 0 radical (unpaired) electrons. The molecule has 3 aromatic carbocycles. The summed E-state index contributed by atoms with van der Waals surface area (Å²) in [7, 11) is 0. The van der Waals surface area contributed by atoms with Gasteiger partial charge in [-0.2, -0.15) is 13.2 Å². The Kier molecular flexibility index (Phi) is 7.00. The molecule has 7 heteroatoms. The van der Waals surface area contributed by atoms with Crippen LogP contribution in [0.1, 0.15) is 30.0 Å². The Labute approximate surface area is 191 Å². The van der Waals surface area contributed by atoms with Crippen molar-refractivity contribution < 1.29 is 18.0 Å². The molecule has 0 bridgehead atoms. The molecule has 1 fully saturated rings. The summed E-state index contributed by atoms with van der Waals surface area (Å²) in [5, 5.41) is 8.46. The Hall–Kier alpha value is -2.90. The van der Waals surface area contributed by atoms with Gasteiger partial charge in [-0.15, -0.1) is 0 Å². The van der Waals surface area contributed by atoms with Crippen LogP contribution in [0.5, 0.6) is 0 Å². The SMILES string of the molecule is CCNC(=O)[C@@H]1C[C@@H](NCc2ccccc2C(F)(F)F)CN1Cc1cccc2ccccc12. The number of carbonyl (C=O) groups is 1. The average molecular weight is 456 g/mol. The van der Waals surface area contributed by atoms with Gasteiger partial charge in [-0.1, -0.05) is 60.7 Å². The van der Waals surface area contributed by atoms with Crippen molar-refractivity contribution in [3.05, 3.63) is 83.4 Å². The summed E-state index contributed by atoms with van der Waals surface area (Å²) in [6.45, 7) is 3.70. The highest BCUT2D eigenvalue weighted by Gasteiger charge is 2.37. The molecule has 0 spiro atoms. The zero-order valence-electron chi connectivity index (χ0n) is 18.5. The van der Waals surface area contributed by atoms with Gasteiger partial charge in [-0.05, 0) is 41.3 Å². The van der Waals surface area contributed by atoms with E-state index in [1.165, 1.54) is 12.1 Å². The number of rotatable bonds is 7. The maximum atomic E-state index is 13.3. The van der Waals surface area contributed by atoms with Crippen LogP contribution in [0.15, 0.2) is 66.7 Å². The Morgan fingerprint density at radius 1 is 1.00 bits per heavy atom. The highest BCUT2D eigenvalue weighted by molar-refractivity contribution is 5.86. The van der Waals surface area contributed by atoms with Gasteiger partial charge in [0.2, 0.25) is 5.91 Å². The van der Waals surface area contributed by atoms with E-state index >= 15 is 0 Å². The highest BCUT2D eigenvalue weighted by Crippen LogP contribution is 2.32. The molecule has 2 atom stereocenters. The lowest BCUT2D eigenvalue weighted by Gasteiger charge is -2.24. The molecule has 1 saturated heterocycles. The minimum absolute atomic E-state index is 0.0438. The zero-order chi connectivity index (χ0) is 23.4. The summed E-state index contributed by atoms with van der Waals surface area (Å²) >= 11 is 0. The highest BCUT2D eigenvalue weighted by atomic mass is 19.4. The smallest absolute Gasteiger partial charge is 0.355 e. The van der Waals surface area contributed by atoms with Gasteiger partial charge in [0.1, 0.15) is 0 Å². The molecule has 0 unspecified atom stereocenters. The zero-order valence-corrected chi connectivity index (χ0v) is 18.5. The first-order chi connectivity index (χ1) is 15.9. The van der Waals surface area contributed by atoms with E-state index in [1.807, 2.05) is 25.1 Å². The molecule has 0 aromatic heterocycles. The second-order valence-corrected chi connectivity index (χ2v) is 8.45. The van der Waals surface area contributed by atoms with Gasteiger partial charge in [0.25, 0.3) is 0 Å². The van der Waals surface area contributed by atoms with Gasteiger partial charge in [-0.3, -0.25) is 9.69 Å². The van der Waals surface area contributed by atoms with Crippen LogP contribution in [0.25, 0.3) is 10.8 Å².